The number of amides is 1. The molecule has 31 heavy (non-hydrogen) atoms. The molecule has 3 rings (SSSR count). The number of thiol groups is 1. The molecule has 5 nitrogen and oxygen atoms in total. The van der Waals surface area contributed by atoms with Gasteiger partial charge in [-0.05, 0) is 24.1 Å². The molecule has 158 valence electrons. The summed E-state index contributed by atoms with van der Waals surface area (Å²) in [6.07, 6.45) is -0.283. The van der Waals surface area contributed by atoms with Crippen LogP contribution in [-0.4, -0.2) is 24.2 Å². The molecule has 0 aliphatic carbocycles. The van der Waals surface area contributed by atoms with E-state index in [2.05, 4.69) is 23.2 Å². The van der Waals surface area contributed by atoms with E-state index in [-0.39, 0.29) is 12.4 Å². The third-order valence-electron chi connectivity index (χ3n) is 4.69. The van der Waals surface area contributed by atoms with Gasteiger partial charge in [-0.1, -0.05) is 78.9 Å². The molecule has 1 unspecified atom stereocenters. The zero-order valence-corrected chi connectivity index (χ0v) is 18.1. The first-order valence-corrected chi connectivity index (χ1v) is 10.4. The van der Waals surface area contributed by atoms with E-state index in [1.54, 1.807) is 25.1 Å². The van der Waals surface area contributed by atoms with Crippen LogP contribution in [-0.2, 0) is 11.2 Å². The van der Waals surface area contributed by atoms with Crippen LogP contribution >= 0.6 is 12.6 Å². The van der Waals surface area contributed by atoms with E-state index in [9.17, 15) is 9.59 Å². The fraction of sp³-hybridized carbons (Fsp3) is 0.160. The highest BCUT2D eigenvalue weighted by molar-refractivity contribution is 7.80. The molecule has 1 N–H and O–H groups in total. The Bertz CT molecular complexity index is 1050. The Hall–Kier alpha value is -3.38. The fourth-order valence-corrected chi connectivity index (χ4v) is 3.54. The summed E-state index contributed by atoms with van der Waals surface area (Å²) >= 11 is 4.47. The van der Waals surface area contributed by atoms with Gasteiger partial charge in [0.15, 0.2) is 5.78 Å². The first-order chi connectivity index (χ1) is 15.1. The molecule has 3 aromatic carbocycles. The van der Waals surface area contributed by atoms with Crippen molar-refractivity contribution < 1.29 is 14.3 Å². The summed E-state index contributed by atoms with van der Waals surface area (Å²) in [4.78, 5) is 26.2. The summed E-state index contributed by atoms with van der Waals surface area (Å²) in [5.74, 6) is -0.839. The maximum Gasteiger partial charge on any atom is 0.427 e. The van der Waals surface area contributed by atoms with Gasteiger partial charge in [0.25, 0.3) is 0 Å². The average molecular weight is 433 g/mol. The lowest BCUT2D eigenvalue weighted by atomic mass is 9.84. The minimum Gasteiger partial charge on any atom is -0.449 e. The number of benzene rings is 3. The normalized spacial score (nSPS) is 12.1. The highest BCUT2D eigenvalue weighted by atomic mass is 32.1. The number of rotatable bonds is 8. The molecule has 0 spiro atoms. The second kappa shape index (κ2) is 11.1. The van der Waals surface area contributed by atoms with Crippen molar-refractivity contribution in [3.63, 3.8) is 0 Å². The zero-order valence-electron chi connectivity index (χ0n) is 17.2. The summed E-state index contributed by atoms with van der Waals surface area (Å²) in [6.45, 7) is 1.94. The number of hydrogen-bond acceptors (Lipinski definition) is 5. The van der Waals surface area contributed by atoms with E-state index in [4.69, 9.17) is 4.74 Å². The van der Waals surface area contributed by atoms with Crippen molar-refractivity contribution in [3.05, 3.63) is 102 Å². The van der Waals surface area contributed by atoms with Gasteiger partial charge in [-0.2, -0.15) is 5.10 Å². The molecule has 3 aromatic rings. The van der Waals surface area contributed by atoms with Gasteiger partial charge in [0.05, 0.1) is 18.2 Å². The van der Waals surface area contributed by atoms with Gasteiger partial charge in [-0.25, -0.2) is 10.2 Å². The number of carbonyl (C=O) groups is 2. The van der Waals surface area contributed by atoms with Crippen molar-refractivity contribution in [2.75, 3.05) is 6.61 Å². The number of nitrogens with zero attached hydrogens (tertiary/aromatic N) is 1. The van der Waals surface area contributed by atoms with Crippen LogP contribution in [0.2, 0.25) is 0 Å². The molecule has 0 radical (unpaired) electrons. The van der Waals surface area contributed by atoms with Gasteiger partial charge in [0.1, 0.15) is 0 Å². The molecular formula is C25H24N2O3S. The van der Waals surface area contributed by atoms with Crippen molar-refractivity contribution in [3.8, 4) is 0 Å². The van der Waals surface area contributed by atoms with Crippen molar-refractivity contribution in [2.24, 2.45) is 5.10 Å². The largest absolute Gasteiger partial charge is 0.449 e. The van der Waals surface area contributed by atoms with Crippen molar-refractivity contribution >= 4 is 30.2 Å². The molecule has 0 aromatic heterocycles. The summed E-state index contributed by atoms with van der Waals surface area (Å²) in [5.41, 5.74) is 5.19. The van der Waals surface area contributed by atoms with Gasteiger partial charge in [-0.3, -0.25) is 4.79 Å². The second-order valence-corrected chi connectivity index (χ2v) is 7.30. The van der Waals surface area contributed by atoms with Gasteiger partial charge in [-0.15, -0.1) is 12.6 Å². The highest BCUT2D eigenvalue weighted by Gasteiger charge is 2.29. The van der Waals surface area contributed by atoms with Crippen LogP contribution in [0.25, 0.3) is 0 Å². The Morgan fingerprint density at radius 3 is 2.19 bits per heavy atom. The zero-order chi connectivity index (χ0) is 22.1. The van der Waals surface area contributed by atoms with Crippen LogP contribution < -0.4 is 5.43 Å². The predicted octanol–water partition coefficient (Wildman–Crippen LogP) is 5.29. The third-order valence-corrected chi connectivity index (χ3v) is 5.08. The predicted molar refractivity (Wildman–Crippen MR) is 125 cm³/mol. The van der Waals surface area contributed by atoms with E-state index in [1.807, 2.05) is 66.7 Å². The Labute approximate surface area is 187 Å². The van der Waals surface area contributed by atoms with Crippen LogP contribution in [0.15, 0.2) is 94.9 Å². The quantitative estimate of drug-likeness (QED) is 0.220. The number of nitrogens with one attached hydrogen (secondary N) is 1. The molecule has 6 heteroatoms. The minimum absolute atomic E-state index is 0.142. The molecular weight excluding hydrogens is 408 g/mol. The van der Waals surface area contributed by atoms with Gasteiger partial charge >= 0.3 is 6.09 Å². The monoisotopic (exact) mass is 432 g/mol. The van der Waals surface area contributed by atoms with Crippen molar-refractivity contribution in [2.45, 2.75) is 24.2 Å². The van der Waals surface area contributed by atoms with Crippen LogP contribution in [0.3, 0.4) is 0 Å². The molecule has 1 amide bonds. The third kappa shape index (κ3) is 6.06. The van der Waals surface area contributed by atoms with E-state index in [1.165, 1.54) is 0 Å². The van der Waals surface area contributed by atoms with Crippen LogP contribution in [0.5, 0.6) is 0 Å². The first kappa shape index (κ1) is 22.3. The summed E-state index contributed by atoms with van der Waals surface area (Å²) in [7, 11) is 0. The molecule has 0 heterocycles. The first-order valence-electron chi connectivity index (χ1n) is 10.0. The Morgan fingerprint density at radius 2 is 1.55 bits per heavy atom. The van der Waals surface area contributed by atoms with Gasteiger partial charge in [0, 0.05) is 16.9 Å². The average Bonchev–Trinajstić information content (AvgIpc) is 2.79. The molecule has 0 saturated heterocycles. The summed E-state index contributed by atoms with van der Waals surface area (Å²) in [5, 5.41) is 4.34. The van der Waals surface area contributed by atoms with Crippen molar-refractivity contribution in [1.29, 1.82) is 0 Å². The van der Waals surface area contributed by atoms with E-state index < -0.39 is 12.0 Å². The maximum atomic E-state index is 13.7. The molecule has 1 atom stereocenters. The lowest BCUT2D eigenvalue weighted by molar-refractivity contribution is 0.0978. The Kier molecular flexibility index (Phi) is 8.01. The molecule has 0 bridgehead atoms. The number of ketones is 1. The van der Waals surface area contributed by atoms with Crippen LogP contribution in [0.1, 0.15) is 34.3 Å². The van der Waals surface area contributed by atoms with Crippen LogP contribution in [0.4, 0.5) is 4.79 Å². The maximum absolute atomic E-state index is 13.7. The minimum atomic E-state index is -0.698. The summed E-state index contributed by atoms with van der Waals surface area (Å²) in [6, 6.07) is 26.3. The highest BCUT2D eigenvalue weighted by Crippen LogP contribution is 2.27. The SMILES string of the molecule is CCOC(=O)N/N=C(/Cc1ccccc1)C(C(=O)c1ccccc1S)c1ccccc1. The summed E-state index contributed by atoms with van der Waals surface area (Å²) < 4.78 is 4.94. The van der Waals surface area contributed by atoms with Gasteiger partial charge in [0.2, 0.25) is 0 Å². The van der Waals surface area contributed by atoms with Crippen LogP contribution in [0, 0.1) is 0 Å². The molecule has 0 saturated carbocycles. The Morgan fingerprint density at radius 1 is 0.935 bits per heavy atom. The van der Waals surface area contributed by atoms with Crippen molar-refractivity contribution in [1.82, 2.24) is 5.43 Å². The standard InChI is InChI=1S/C25H24N2O3S/c1-2-30-25(29)27-26-21(17-18-11-5-3-6-12-18)23(19-13-7-4-8-14-19)24(28)20-15-9-10-16-22(20)31/h3-16,23,31H,2,17H2,1H3,(H,27,29)/b26-21-. The van der Waals surface area contributed by atoms with E-state index in [0.29, 0.717) is 22.6 Å². The number of Topliss-reactive ketones (excluding diaryl/α,β-unsaturated/α-hetero) is 1. The smallest absolute Gasteiger partial charge is 0.427 e. The number of carbonyl (C=O) groups excluding carboxylic acids is 2. The number of ether oxygens (including phenoxy) is 1. The molecule has 0 fully saturated rings. The number of hydrogen-bond donors (Lipinski definition) is 2. The van der Waals surface area contributed by atoms with E-state index >= 15 is 0 Å². The topological polar surface area (TPSA) is 67.8 Å². The lowest BCUT2D eigenvalue weighted by Crippen LogP contribution is -2.29. The second-order valence-electron chi connectivity index (χ2n) is 6.82. The van der Waals surface area contributed by atoms with E-state index in [0.717, 1.165) is 11.1 Å². The lowest BCUT2D eigenvalue weighted by Gasteiger charge is -2.20. The molecule has 0 aliphatic rings. The molecule has 0 aliphatic heterocycles. The van der Waals surface area contributed by atoms with Gasteiger partial charge < -0.3 is 4.74 Å². The number of hydrazone groups is 1. The fourth-order valence-electron chi connectivity index (χ4n) is 3.27. The Balaban J connectivity index is 2.07.